The van der Waals surface area contributed by atoms with Crippen LogP contribution in [0.1, 0.15) is 44.2 Å². The van der Waals surface area contributed by atoms with Gasteiger partial charge in [-0.25, -0.2) is 0 Å². The minimum atomic E-state index is 0.385. The molecule has 0 amide bonds. The highest BCUT2D eigenvalue weighted by molar-refractivity contribution is 5.16. The molecule has 0 aliphatic carbocycles. The first-order valence-corrected chi connectivity index (χ1v) is 6.78. The van der Waals surface area contributed by atoms with Crippen LogP contribution in [0.4, 0.5) is 0 Å². The normalized spacial score (nSPS) is 13.1. The number of rotatable bonds is 6. The highest BCUT2D eigenvalue weighted by Gasteiger charge is 2.15. The fourth-order valence-electron chi connectivity index (χ4n) is 2.26. The number of aryl methyl sites for hydroxylation is 1. The lowest BCUT2D eigenvalue weighted by Gasteiger charge is -2.20. The molecule has 1 unspecified atom stereocenters. The van der Waals surface area contributed by atoms with Crippen LogP contribution in [0.5, 0.6) is 0 Å². The van der Waals surface area contributed by atoms with E-state index in [0.29, 0.717) is 30.3 Å². The first-order valence-electron chi connectivity index (χ1n) is 6.78. The molecule has 0 aliphatic heterocycles. The first kappa shape index (κ1) is 13.8. The van der Waals surface area contributed by atoms with Crippen LogP contribution in [0.2, 0.25) is 0 Å². The summed E-state index contributed by atoms with van der Waals surface area (Å²) in [4.78, 5) is 0. The highest BCUT2D eigenvalue weighted by atomic mass is 16.4. The zero-order valence-electron chi connectivity index (χ0n) is 12.1. The Morgan fingerprint density at radius 1 is 1.37 bits per heavy atom. The molecule has 2 heterocycles. The average molecular weight is 262 g/mol. The van der Waals surface area contributed by atoms with Gasteiger partial charge in [0, 0.05) is 25.4 Å². The fourth-order valence-corrected chi connectivity index (χ4v) is 2.26. The minimum absolute atomic E-state index is 0.385. The molecule has 0 bridgehead atoms. The van der Waals surface area contributed by atoms with Crippen molar-refractivity contribution in [2.75, 3.05) is 6.54 Å². The molecule has 0 spiro atoms. The van der Waals surface area contributed by atoms with Gasteiger partial charge in [0.25, 0.3) is 0 Å². The number of hydrogen-bond donors (Lipinski definition) is 1. The largest absolute Gasteiger partial charge is 0.424 e. The topological polar surface area (TPSA) is 55.9 Å². The van der Waals surface area contributed by atoms with Crippen molar-refractivity contribution >= 4 is 0 Å². The second kappa shape index (κ2) is 6.02. The maximum Gasteiger partial charge on any atom is 0.236 e. The maximum atomic E-state index is 5.39. The summed E-state index contributed by atoms with van der Waals surface area (Å²) >= 11 is 0. The van der Waals surface area contributed by atoms with Crippen molar-refractivity contribution < 1.29 is 4.42 Å². The van der Waals surface area contributed by atoms with Crippen molar-refractivity contribution in [2.24, 2.45) is 5.92 Å². The molecule has 2 aromatic heterocycles. The van der Waals surface area contributed by atoms with Crippen LogP contribution in [0.3, 0.4) is 0 Å². The molecule has 2 rings (SSSR count). The van der Waals surface area contributed by atoms with Gasteiger partial charge in [0.05, 0.1) is 0 Å². The maximum absolute atomic E-state index is 5.39. The van der Waals surface area contributed by atoms with E-state index in [1.165, 1.54) is 5.56 Å². The summed E-state index contributed by atoms with van der Waals surface area (Å²) in [7, 11) is 0. The van der Waals surface area contributed by atoms with Gasteiger partial charge in [-0.1, -0.05) is 20.8 Å². The molecule has 2 aromatic rings. The van der Waals surface area contributed by atoms with E-state index in [4.69, 9.17) is 4.42 Å². The fraction of sp³-hybridized carbons (Fsp3) is 0.571. The van der Waals surface area contributed by atoms with E-state index in [0.717, 1.165) is 6.54 Å². The minimum Gasteiger partial charge on any atom is -0.424 e. The molecular weight excluding hydrogens is 240 g/mol. The summed E-state index contributed by atoms with van der Waals surface area (Å²) < 4.78 is 7.47. The predicted octanol–water partition coefficient (Wildman–Crippen LogP) is 2.53. The Bertz CT molecular complexity index is 515. The molecule has 19 heavy (non-hydrogen) atoms. The van der Waals surface area contributed by atoms with Gasteiger partial charge in [-0.05, 0) is 24.1 Å². The Labute approximate surface area is 114 Å². The summed E-state index contributed by atoms with van der Waals surface area (Å²) in [6.45, 7) is 9.98. The summed E-state index contributed by atoms with van der Waals surface area (Å²) in [6.07, 6.45) is 4.20. The van der Waals surface area contributed by atoms with E-state index in [1.807, 2.05) is 0 Å². The van der Waals surface area contributed by atoms with Crippen LogP contribution in [-0.4, -0.2) is 21.3 Å². The van der Waals surface area contributed by atoms with Gasteiger partial charge in [-0.2, -0.15) is 0 Å². The summed E-state index contributed by atoms with van der Waals surface area (Å²) in [6, 6.07) is 2.53. The molecule has 0 aliphatic rings. The molecule has 1 N–H and O–H groups in total. The van der Waals surface area contributed by atoms with Crippen molar-refractivity contribution in [3.05, 3.63) is 35.8 Å². The SMILES string of the molecule is CCNC(c1ccn(Cc2nnc(C)o2)c1)C(C)C. The molecule has 0 saturated carbocycles. The number of nitrogens with zero attached hydrogens (tertiary/aromatic N) is 3. The standard InChI is InChI=1S/C14H22N4O/c1-5-15-14(10(2)3)12-6-7-18(8-12)9-13-17-16-11(4)19-13/h6-8,10,14-15H,5,9H2,1-4H3. The summed E-state index contributed by atoms with van der Waals surface area (Å²) in [5.74, 6) is 1.81. The lowest BCUT2D eigenvalue weighted by atomic mass is 9.98. The Kier molecular flexibility index (Phi) is 4.37. The van der Waals surface area contributed by atoms with E-state index in [2.05, 4.69) is 59.3 Å². The van der Waals surface area contributed by atoms with Gasteiger partial charge in [0.2, 0.25) is 11.8 Å². The molecule has 0 saturated heterocycles. The van der Waals surface area contributed by atoms with Gasteiger partial charge in [0.1, 0.15) is 6.54 Å². The quantitative estimate of drug-likeness (QED) is 0.869. The third kappa shape index (κ3) is 3.44. The average Bonchev–Trinajstić information content (AvgIpc) is 2.96. The molecule has 0 aromatic carbocycles. The monoisotopic (exact) mass is 262 g/mol. The van der Waals surface area contributed by atoms with E-state index in [-0.39, 0.29) is 0 Å². The van der Waals surface area contributed by atoms with Crippen molar-refractivity contribution in [1.29, 1.82) is 0 Å². The highest BCUT2D eigenvalue weighted by Crippen LogP contribution is 2.22. The summed E-state index contributed by atoms with van der Waals surface area (Å²) in [5, 5.41) is 11.4. The molecule has 0 radical (unpaired) electrons. The lowest BCUT2D eigenvalue weighted by Crippen LogP contribution is -2.25. The molecule has 5 nitrogen and oxygen atoms in total. The molecule has 104 valence electrons. The number of nitrogens with one attached hydrogen (secondary N) is 1. The predicted molar refractivity (Wildman–Crippen MR) is 73.8 cm³/mol. The number of aromatic nitrogens is 3. The molecular formula is C14H22N4O. The van der Waals surface area contributed by atoms with Crippen molar-refractivity contribution in [1.82, 2.24) is 20.1 Å². The van der Waals surface area contributed by atoms with Crippen LogP contribution < -0.4 is 5.32 Å². The summed E-state index contributed by atoms with van der Waals surface area (Å²) in [5.41, 5.74) is 1.30. The Balaban J connectivity index is 2.09. The van der Waals surface area contributed by atoms with Crippen molar-refractivity contribution in [3.8, 4) is 0 Å². The molecule has 0 fully saturated rings. The third-order valence-corrected chi connectivity index (χ3v) is 3.11. The van der Waals surface area contributed by atoms with E-state index in [9.17, 15) is 0 Å². The lowest BCUT2D eigenvalue weighted by molar-refractivity contribution is 0.420. The Morgan fingerprint density at radius 3 is 2.74 bits per heavy atom. The van der Waals surface area contributed by atoms with Crippen molar-refractivity contribution in [2.45, 2.75) is 40.3 Å². The van der Waals surface area contributed by atoms with E-state index in [1.54, 1.807) is 6.92 Å². The van der Waals surface area contributed by atoms with Gasteiger partial charge >= 0.3 is 0 Å². The van der Waals surface area contributed by atoms with Crippen LogP contribution in [0, 0.1) is 12.8 Å². The third-order valence-electron chi connectivity index (χ3n) is 3.11. The van der Waals surface area contributed by atoms with E-state index < -0.39 is 0 Å². The van der Waals surface area contributed by atoms with Gasteiger partial charge < -0.3 is 14.3 Å². The van der Waals surface area contributed by atoms with Crippen LogP contribution in [-0.2, 0) is 6.54 Å². The Hall–Kier alpha value is -1.62. The van der Waals surface area contributed by atoms with Crippen LogP contribution >= 0.6 is 0 Å². The first-order chi connectivity index (χ1) is 9.10. The number of hydrogen-bond acceptors (Lipinski definition) is 4. The van der Waals surface area contributed by atoms with Crippen LogP contribution in [0.15, 0.2) is 22.9 Å². The second-order valence-electron chi connectivity index (χ2n) is 5.11. The van der Waals surface area contributed by atoms with E-state index >= 15 is 0 Å². The molecule has 5 heteroatoms. The van der Waals surface area contributed by atoms with Gasteiger partial charge in [-0.3, -0.25) is 0 Å². The van der Waals surface area contributed by atoms with Gasteiger partial charge in [-0.15, -0.1) is 10.2 Å². The van der Waals surface area contributed by atoms with Gasteiger partial charge in [0.15, 0.2) is 0 Å². The Morgan fingerprint density at radius 2 is 2.16 bits per heavy atom. The van der Waals surface area contributed by atoms with Crippen LogP contribution in [0.25, 0.3) is 0 Å². The smallest absolute Gasteiger partial charge is 0.236 e. The zero-order valence-corrected chi connectivity index (χ0v) is 12.1. The second-order valence-corrected chi connectivity index (χ2v) is 5.11. The zero-order chi connectivity index (χ0) is 13.8. The van der Waals surface area contributed by atoms with Crippen molar-refractivity contribution in [3.63, 3.8) is 0 Å². The molecule has 1 atom stereocenters.